The number of fused-ring (bicyclic) bond motifs is 1. The van der Waals surface area contributed by atoms with E-state index in [-0.39, 0.29) is 18.8 Å². The third-order valence-electron chi connectivity index (χ3n) is 5.79. The maximum atomic E-state index is 12.7. The van der Waals surface area contributed by atoms with Gasteiger partial charge in [0.15, 0.2) is 5.01 Å². The van der Waals surface area contributed by atoms with E-state index >= 15 is 0 Å². The minimum Gasteiger partial charge on any atom is -0.530 e. The zero-order chi connectivity index (χ0) is 23.6. The predicted molar refractivity (Wildman–Crippen MR) is 119 cm³/mol. The highest BCUT2D eigenvalue weighted by Gasteiger charge is 2.34. The lowest BCUT2D eigenvalue weighted by molar-refractivity contribution is -0.266. The van der Waals surface area contributed by atoms with Crippen molar-refractivity contribution in [1.29, 1.82) is 0 Å². The van der Waals surface area contributed by atoms with Crippen molar-refractivity contribution in [2.24, 2.45) is 5.92 Å². The second-order valence-corrected chi connectivity index (χ2v) is 9.35. The van der Waals surface area contributed by atoms with Gasteiger partial charge in [0.1, 0.15) is 11.9 Å². The highest BCUT2D eigenvalue weighted by molar-refractivity contribution is 7.09. The number of anilines is 1. The van der Waals surface area contributed by atoms with Gasteiger partial charge in [0, 0.05) is 35.4 Å². The molecule has 2 aromatic heterocycles. The lowest BCUT2D eigenvalue weighted by Crippen LogP contribution is -2.42. The Morgan fingerprint density at radius 3 is 2.64 bits per heavy atom. The van der Waals surface area contributed by atoms with E-state index in [1.54, 1.807) is 0 Å². The van der Waals surface area contributed by atoms with Gasteiger partial charge >= 0.3 is 6.18 Å². The Morgan fingerprint density at radius 1 is 1.21 bits per heavy atom. The number of alkyl halides is 3. The number of pyridine rings is 1. The number of hydrogen-bond acceptors (Lipinski definition) is 6. The lowest BCUT2D eigenvalue weighted by atomic mass is 9.93. The van der Waals surface area contributed by atoms with Crippen molar-refractivity contribution in [1.82, 2.24) is 14.9 Å². The van der Waals surface area contributed by atoms with Crippen molar-refractivity contribution in [3.05, 3.63) is 51.4 Å². The Hall–Kier alpha value is -2.59. The van der Waals surface area contributed by atoms with E-state index in [9.17, 15) is 23.1 Å². The molecule has 1 saturated heterocycles. The molecule has 0 aliphatic carbocycles. The van der Waals surface area contributed by atoms with E-state index in [1.165, 1.54) is 5.38 Å². The van der Waals surface area contributed by atoms with Crippen LogP contribution in [-0.4, -0.2) is 40.6 Å². The van der Waals surface area contributed by atoms with Crippen LogP contribution >= 0.6 is 22.9 Å². The van der Waals surface area contributed by atoms with Crippen LogP contribution in [0.2, 0.25) is 5.02 Å². The molecular weight excluding hydrogens is 477 g/mol. The molecule has 176 valence electrons. The molecule has 6 nitrogen and oxygen atoms in total. The number of rotatable bonds is 6. The average molecular weight is 498 g/mol. The normalized spacial score (nSPS) is 15.2. The summed E-state index contributed by atoms with van der Waals surface area (Å²) in [6.07, 6.45) is -3.58. The summed E-state index contributed by atoms with van der Waals surface area (Å²) in [5.74, 6) is 1.20. The Morgan fingerprint density at radius 2 is 1.97 bits per heavy atom. The molecule has 1 aliphatic heterocycles. The Balaban J connectivity index is 1.30. The van der Waals surface area contributed by atoms with Gasteiger partial charge in [-0.1, -0.05) is 11.6 Å². The summed E-state index contributed by atoms with van der Waals surface area (Å²) in [6.45, 7) is 1.58. The molecule has 3 aromatic rings. The van der Waals surface area contributed by atoms with Gasteiger partial charge in [-0.05, 0) is 55.5 Å². The van der Waals surface area contributed by atoms with Crippen LogP contribution in [0.15, 0.2) is 35.7 Å². The molecule has 11 heteroatoms. The van der Waals surface area contributed by atoms with Crippen LogP contribution in [0, 0.1) is 5.92 Å². The van der Waals surface area contributed by atoms with E-state index < -0.39 is 17.3 Å². The number of benzene rings is 1. The van der Waals surface area contributed by atoms with Gasteiger partial charge in [0.05, 0.1) is 17.8 Å². The third kappa shape index (κ3) is 5.86. The minimum atomic E-state index is -4.53. The third-order valence-corrected chi connectivity index (χ3v) is 6.96. The van der Waals surface area contributed by atoms with Crippen molar-refractivity contribution >= 4 is 45.8 Å². The molecule has 1 fully saturated rings. The molecule has 3 heterocycles. The Kier molecular flexibility index (Phi) is 6.94. The van der Waals surface area contributed by atoms with Crippen LogP contribution in [0.1, 0.15) is 30.0 Å². The van der Waals surface area contributed by atoms with Gasteiger partial charge < -0.3 is 19.7 Å². The standard InChI is InChI=1S/C22H22ClF3N4O2S/c23-16-2-3-18-15(11-16)1-4-19(28-18)29-8-5-14(6-9-29)7-10-30(21(31)32)12-17-13-33-20(27-17)22(24,25)26/h1-4,11,13-14H,5-10,12H2,(H,31,32)/p-1. The highest BCUT2D eigenvalue weighted by Crippen LogP contribution is 2.32. The molecule has 0 bridgehead atoms. The number of carboxylic acid groups (broad SMARTS) is 1. The van der Waals surface area contributed by atoms with Crippen molar-refractivity contribution in [2.75, 3.05) is 24.5 Å². The largest absolute Gasteiger partial charge is 0.530 e. The van der Waals surface area contributed by atoms with Crippen LogP contribution < -0.4 is 10.0 Å². The summed E-state index contributed by atoms with van der Waals surface area (Å²) in [6, 6.07) is 9.54. The van der Waals surface area contributed by atoms with Crippen LogP contribution in [0.5, 0.6) is 0 Å². The fourth-order valence-electron chi connectivity index (χ4n) is 3.99. The predicted octanol–water partition coefficient (Wildman–Crippen LogP) is 4.82. The summed E-state index contributed by atoms with van der Waals surface area (Å²) in [5.41, 5.74) is 0.953. The highest BCUT2D eigenvalue weighted by atomic mass is 35.5. The molecule has 1 aliphatic rings. The van der Waals surface area contributed by atoms with Crippen LogP contribution in [-0.2, 0) is 12.7 Å². The first kappa shape index (κ1) is 23.6. The fraction of sp³-hybridized carbons (Fsp3) is 0.409. The molecule has 0 saturated carbocycles. The van der Waals surface area contributed by atoms with E-state index in [2.05, 4.69) is 9.88 Å². The van der Waals surface area contributed by atoms with E-state index in [1.807, 2.05) is 30.3 Å². The summed E-state index contributed by atoms with van der Waals surface area (Å²) >= 11 is 6.49. The molecule has 33 heavy (non-hydrogen) atoms. The maximum Gasteiger partial charge on any atom is 0.443 e. The Labute approximate surface area is 197 Å². The number of carbonyl (C=O) groups is 1. The molecular formula is C22H21ClF3N4O2S-. The number of carbonyl (C=O) groups excluding carboxylic acids is 1. The lowest BCUT2D eigenvalue weighted by Gasteiger charge is -2.34. The van der Waals surface area contributed by atoms with Gasteiger partial charge in [-0.15, -0.1) is 11.3 Å². The van der Waals surface area contributed by atoms with Gasteiger partial charge in [0.25, 0.3) is 0 Å². The number of nitrogens with zero attached hydrogens (tertiary/aromatic N) is 4. The SMILES string of the molecule is O=C([O-])N(CCC1CCN(c2ccc3cc(Cl)ccc3n2)CC1)Cc1csc(C(F)(F)F)n1. The smallest absolute Gasteiger partial charge is 0.443 e. The Bertz CT molecular complexity index is 1130. The van der Waals surface area contributed by atoms with Crippen molar-refractivity contribution < 1.29 is 23.1 Å². The van der Waals surface area contributed by atoms with E-state index in [4.69, 9.17) is 16.6 Å². The van der Waals surface area contributed by atoms with Crippen LogP contribution in [0.25, 0.3) is 10.9 Å². The molecule has 0 atom stereocenters. The summed E-state index contributed by atoms with van der Waals surface area (Å²) in [5, 5.41) is 13.4. The number of piperidine rings is 1. The van der Waals surface area contributed by atoms with Crippen molar-refractivity contribution in [2.45, 2.75) is 32.0 Å². The zero-order valence-corrected chi connectivity index (χ0v) is 19.1. The van der Waals surface area contributed by atoms with Gasteiger partial charge in [0.2, 0.25) is 0 Å². The van der Waals surface area contributed by atoms with Crippen molar-refractivity contribution in [3.63, 3.8) is 0 Å². The van der Waals surface area contributed by atoms with Gasteiger partial charge in [-0.3, -0.25) is 0 Å². The quantitative estimate of drug-likeness (QED) is 0.488. The fourth-order valence-corrected chi connectivity index (χ4v) is 4.85. The first-order valence-electron chi connectivity index (χ1n) is 10.5. The molecule has 1 amide bonds. The van der Waals surface area contributed by atoms with Gasteiger partial charge in [-0.2, -0.15) is 13.2 Å². The molecule has 4 rings (SSSR count). The minimum absolute atomic E-state index is 0.0787. The molecule has 0 radical (unpaired) electrons. The second kappa shape index (κ2) is 9.72. The van der Waals surface area contributed by atoms with Gasteiger partial charge in [-0.25, -0.2) is 9.97 Å². The average Bonchev–Trinajstić information content (AvgIpc) is 3.26. The van der Waals surface area contributed by atoms with Crippen molar-refractivity contribution in [3.8, 4) is 0 Å². The second-order valence-electron chi connectivity index (χ2n) is 8.05. The number of aromatic nitrogens is 2. The number of hydrogen-bond donors (Lipinski definition) is 0. The molecule has 1 aromatic carbocycles. The van der Waals surface area contributed by atoms with E-state index in [0.717, 1.165) is 47.6 Å². The number of thiazole rings is 1. The summed E-state index contributed by atoms with van der Waals surface area (Å²) < 4.78 is 38.2. The van der Waals surface area contributed by atoms with Crippen LogP contribution in [0.4, 0.5) is 23.8 Å². The number of amides is 1. The monoisotopic (exact) mass is 497 g/mol. The van der Waals surface area contributed by atoms with Crippen LogP contribution in [0.3, 0.4) is 0 Å². The summed E-state index contributed by atoms with van der Waals surface area (Å²) in [4.78, 5) is 22.9. The number of halogens is 4. The molecule has 0 N–H and O–H groups in total. The molecule has 0 spiro atoms. The summed E-state index contributed by atoms with van der Waals surface area (Å²) in [7, 11) is 0. The topological polar surface area (TPSA) is 72.4 Å². The molecule has 0 unspecified atom stereocenters. The van der Waals surface area contributed by atoms with E-state index in [0.29, 0.717) is 28.7 Å². The first-order chi connectivity index (χ1) is 15.7. The zero-order valence-electron chi connectivity index (χ0n) is 17.5. The maximum absolute atomic E-state index is 12.7. The first-order valence-corrected chi connectivity index (χ1v) is 11.7.